The summed E-state index contributed by atoms with van der Waals surface area (Å²) in [6.07, 6.45) is -2.84. The van der Waals surface area contributed by atoms with Gasteiger partial charge in [0.05, 0.1) is 5.56 Å². The summed E-state index contributed by atoms with van der Waals surface area (Å²) in [5, 5.41) is 3.61. The average molecular weight is 733 g/mol. The van der Waals surface area contributed by atoms with Gasteiger partial charge in [-0.15, -0.1) is 0 Å². The lowest BCUT2D eigenvalue weighted by Gasteiger charge is -2.40. The molecule has 2 heterocycles. The molecule has 0 spiro atoms. The van der Waals surface area contributed by atoms with Gasteiger partial charge in [-0.05, 0) is 84.3 Å². The van der Waals surface area contributed by atoms with E-state index in [-0.39, 0.29) is 30.5 Å². The minimum atomic E-state index is -4.43. The highest BCUT2D eigenvalue weighted by atomic mass is 35.5. The predicted octanol–water partition coefficient (Wildman–Crippen LogP) is 7.92. The van der Waals surface area contributed by atoms with Gasteiger partial charge in [0.2, 0.25) is 5.91 Å². The fourth-order valence-corrected chi connectivity index (χ4v) is 7.42. The van der Waals surface area contributed by atoms with E-state index < -0.39 is 23.9 Å². The zero-order valence-electron chi connectivity index (χ0n) is 29.0. The van der Waals surface area contributed by atoms with Crippen molar-refractivity contribution in [2.75, 3.05) is 45.8 Å². The van der Waals surface area contributed by atoms with Crippen molar-refractivity contribution < 1.29 is 27.5 Å². The monoisotopic (exact) mass is 732 g/mol. The van der Waals surface area contributed by atoms with E-state index in [0.717, 1.165) is 48.8 Å². The molecule has 2 aliphatic heterocycles. The molecule has 2 aliphatic rings. The molecule has 1 N–H and O–H groups in total. The van der Waals surface area contributed by atoms with Gasteiger partial charge in [0.15, 0.2) is 0 Å². The van der Waals surface area contributed by atoms with Gasteiger partial charge in [-0.3, -0.25) is 9.69 Å². The Bertz CT molecular complexity index is 1780. The number of rotatable bonds is 11. The summed E-state index contributed by atoms with van der Waals surface area (Å²) >= 11 is 6.40. The first-order chi connectivity index (χ1) is 25.1. The summed E-state index contributed by atoms with van der Waals surface area (Å²) in [6, 6.07) is 30.5. The van der Waals surface area contributed by atoms with Crippen molar-refractivity contribution in [3.8, 4) is 11.1 Å². The highest BCUT2D eigenvalue weighted by Gasteiger charge is 2.37. The first-order valence-corrected chi connectivity index (χ1v) is 18.2. The maximum absolute atomic E-state index is 14.1. The molecule has 2 amide bonds. The molecule has 4 aromatic carbocycles. The Balaban J connectivity index is 1.08. The largest absolute Gasteiger partial charge is 0.445 e. The quantitative estimate of drug-likeness (QED) is 0.170. The maximum atomic E-state index is 14.1. The van der Waals surface area contributed by atoms with Gasteiger partial charge >= 0.3 is 12.3 Å². The molecule has 0 unspecified atom stereocenters. The first kappa shape index (κ1) is 37.4. The number of piperidine rings is 1. The third-order valence-corrected chi connectivity index (χ3v) is 10.3. The van der Waals surface area contributed by atoms with Gasteiger partial charge in [0.25, 0.3) is 0 Å². The van der Waals surface area contributed by atoms with E-state index in [2.05, 4.69) is 28.4 Å². The average Bonchev–Trinajstić information content (AvgIpc) is 3.16. The molecule has 0 aromatic heterocycles. The van der Waals surface area contributed by atoms with Gasteiger partial charge in [0, 0.05) is 44.3 Å². The van der Waals surface area contributed by atoms with E-state index in [1.807, 2.05) is 65.6 Å². The second kappa shape index (κ2) is 17.4. The van der Waals surface area contributed by atoms with Crippen LogP contribution < -0.4 is 5.32 Å². The lowest BCUT2D eigenvalue weighted by atomic mass is 9.88. The van der Waals surface area contributed by atoms with Crippen LogP contribution >= 0.6 is 11.6 Å². The molecule has 1 atom stereocenters. The fourth-order valence-electron chi connectivity index (χ4n) is 7.23. The Kier molecular flexibility index (Phi) is 12.5. The van der Waals surface area contributed by atoms with E-state index in [1.54, 1.807) is 11.0 Å². The summed E-state index contributed by atoms with van der Waals surface area (Å²) in [4.78, 5) is 33.3. The Morgan fingerprint density at radius 3 is 2.13 bits per heavy atom. The number of carbonyl (C=O) groups excluding carboxylic acids is 2. The first-order valence-electron chi connectivity index (χ1n) is 17.8. The normalized spacial score (nSPS) is 16.7. The molecule has 274 valence electrons. The second-order valence-electron chi connectivity index (χ2n) is 13.5. The third-order valence-electron chi connectivity index (χ3n) is 10.1. The van der Waals surface area contributed by atoms with Gasteiger partial charge in [-0.25, -0.2) is 4.79 Å². The number of hydrogen-bond acceptors (Lipinski definition) is 5. The van der Waals surface area contributed by atoms with Crippen LogP contribution in [0.5, 0.6) is 0 Å². The molecule has 0 aliphatic carbocycles. The highest BCUT2D eigenvalue weighted by Crippen LogP contribution is 2.33. The van der Waals surface area contributed by atoms with Gasteiger partial charge in [-0.2, -0.15) is 13.2 Å². The second-order valence-corrected chi connectivity index (χ2v) is 14.0. The zero-order chi connectivity index (χ0) is 36.5. The number of ether oxygens (including phenoxy) is 1. The van der Waals surface area contributed by atoms with E-state index in [9.17, 15) is 22.8 Å². The number of benzene rings is 4. The molecule has 0 radical (unpaired) electrons. The van der Waals surface area contributed by atoms with E-state index in [0.29, 0.717) is 44.0 Å². The Hall–Kier alpha value is -4.38. The van der Waals surface area contributed by atoms with E-state index in [1.165, 1.54) is 17.7 Å². The zero-order valence-corrected chi connectivity index (χ0v) is 29.8. The van der Waals surface area contributed by atoms with Crippen LogP contribution in [-0.2, 0) is 35.3 Å². The maximum Gasteiger partial charge on any atom is 0.416 e. The number of nitrogens with zero attached hydrogens (tertiary/aromatic N) is 3. The minimum absolute atomic E-state index is 0.0819. The Morgan fingerprint density at radius 1 is 0.788 bits per heavy atom. The van der Waals surface area contributed by atoms with Crippen LogP contribution in [0.25, 0.3) is 11.1 Å². The number of nitrogens with one attached hydrogen (secondary N) is 1. The smallest absolute Gasteiger partial charge is 0.416 e. The molecule has 7 nitrogen and oxygen atoms in total. The number of piperazine rings is 1. The number of hydrogen-bond donors (Lipinski definition) is 1. The van der Waals surface area contributed by atoms with Crippen molar-refractivity contribution in [1.29, 1.82) is 0 Å². The summed E-state index contributed by atoms with van der Waals surface area (Å²) < 4.78 is 46.4. The number of likely N-dealkylation sites (tertiary alicyclic amines) is 1. The molecule has 0 bridgehead atoms. The molecule has 2 fully saturated rings. The van der Waals surface area contributed by atoms with Gasteiger partial charge in [0.1, 0.15) is 12.6 Å². The number of alkyl carbamates (subject to hydrolysis) is 1. The lowest BCUT2D eigenvalue weighted by molar-refractivity contribution is -0.138. The van der Waals surface area contributed by atoms with Crippen molar-refractivity contribution in [3.05, 3.63) is 130 Å². The van der Waals surface area contributed by atoms with Crippen molar-refractivity contribution in [3.63, 3.8) is 0 Å². The van der Waals surface area contributed by atoms with Crippen LogP contribution in [0.4, 0.5) is 18.0 Å². The van der Waals surface area contributed by atoms with Crippen LogP contribution in [0.15, 0.2) is 103 Å². The van der Waals surface area contributed by atoms with Crippen LogP contribution in [0, 0.1) is 5.92 Å². The number of amides is 2. The molecule has 6 rings (SSSR count). The van der Waals surface area contributed by atoms with Gasteiger partial charge < -0.3 is 19.9 Å². The van der Waals surface area contributed by atoms with E-state index >= 15 is 0 Å². The summed E-state index contributed by atoms with van der Waals surface area (Å²) in [5.41, 5.74) is 3.90. The van der Waals surface area contributed by atoms with Crippen LogP contribution in [0.2, 0.25) is 5.02 Å². The lowest BCUT2D eigenvalue weighted by Crippen LogP contribution is -2.58. The van der Waals surface area contributed by atoms with Crippen LogP contribution in [-0.4, -0.2) is 78.6 Å². The van der Waals surface area contributed by atoms with Crippen molar-refractivity contribution in [1.82, 2.24) is 20.0 Å². The minimum Gasteiger partial charge on any atom is -0.445 e. The van der Waals surface area contributed by atoms with Crippen LogP contribution in [0.1, 0.15) is 35.1 Å². The summed E-state index contributed by atoms with van der Waals surface area (Å²) in [5.74, 6) is -0.285. The van der Waals surface area contributed by atoms with Crippen LogP contribution in [0.3, 0.4) is 0 Å². The molecular formula is C41H44ClF3N4O3. The number of halogens is 4. The summed E-state index contributed by atoms with van der Waals surface area (Å²) in [7, 11) is 0. The van der Waals surface area contributed by atoms with Crippen molar-refractivity contribution in [2.45, 2.75) is 44.6 Å². The SMILES string of the molecule is O=C(N[C@@H](C(=O)N1CCN(Cc2ccccc2C(F)(F)F)CC1)C1CCN(CCc2cc(Cl)ccc2-c2ccccc2)CC1)OCc1ccccc1. The van der Waals surface area contributed by atoms with Crippen molar-refractivity contribution in [2.24, 2.45) is 5.92 Å². The Morgan fingerprint density at radius 2 is 1.44 bits per heavy atom. The molecular weight excluding hydrogens is 689 g/mol. The van der Waals surface area contributed by atoms with Gasteiger partial charge in [-0.1, -0.05) is 96.5 Å². The molecule has 52 heavy (non-hydrogen) atoms. The standard InChI is InChI=1S/C41H44ClF3N4O3/c42-35-15-16-36(31-11-5-2-6-12-31)33(27-35)19-22-47-20-17-32(18-21-47)38(46-40(51)52-29-30-9-3-1-4-10-30)39(50)49-25-23-48(24-26-49)28-34-13-7-8-14-37(34)41(43,44)45/h1-16,27,32,38H,17-26,28-29H2,(H,46,51)/t38-/m1/s1. The number of alkyl halides is 3. The third kappa shape index (κ3) is 9.93. The molecule has 0 saturated carbocycles. The highest BCUT2D eigenvalue weighted by molar-refractivity contribution is 6.30. The van der Waals surface area contributed by atoms with E-state index in [4.69, 9.17) is 16.3 Å². The summed E-state index contributed by atoms with van der Waals surface area (Å²) in [6.45, 7) is 4.15. The Labute approximate surface area is 308 Å². The topological polar surface area (TPSA) is 65.1 Å². The fraction of sp³-hybridized carbons (Fsp3) is 0.366. The molecule has 11 heteroatoms. The van der Waals surface area contributed by atoms with Crippen molar-refractivity contribution >= 4 is 23.6 Å². The molecule has 2 saturated heterocycles. The molecule has 4 aromatic rings. The predicted molar refractivity (Wildman–Crippen MR) is 197 cm³/mol. The number of carbonyl (C=O) groups is 2.